The Bertz CT molecular complexity index is 616. The maximum absolute atomic E-state index is 5.91. The van der Waals surface area contributed by atoms with E-state index in [4.69, 9.17) is 5.84 Å². The fourth-order valence-corrected chi connectivity index (χ4v) is 1.94. The molecule has 3 rings (SSSR count). The number of aromatic nitrogens is 2. The fraction of sp³-hybridized carbons (Fsp3) is 0.0909. The molecule has 14 heavy (non-hydrogen) atoms. The monoisotopic (exact) mass is 185 g/mol. The first-order valence-corrected chi connectivity index (χ1v) is 4.60. The normalized spacial score (nSPS) is 11.5. The minimum absolute atomic E-state index is 1.08. The van der Waals surface area contributed by atoms with Crippen molar-refractivity contribution in [2.75, 3.05) is 5.84 Å². The van der Waals surface area contributed by atoms with Crippen molar-refractivity contribution in [1.82, 2.24) is 9.08 Å². The van der Waals surface area contributed by atoms with Crippen LogP contribution in [-0.4, -0.2) is 9.08 Å². The molecule has 0 radical (unpaired) electrons. The average molecular weight is 185 g/mol. The summed E-state index contributed by atoms with van der Waals surface area (Å²) < 4.78 is 3.82. The van der Waals surface area contributed by atoms with Crippen molar-refractivity contribution in [1.29, 1.82) is 0 Å². The largest absolute Gasteiger partial charge is 0.339 e. The summed E-state index contributed by atoms with van der Waals surface area (Å²) in [7, 11) is 0. The van der Waals surface area contributed by atoms with Crippen LogP contribution in [0.4, 0.5) is 0 Å². The van der Waals surface area contributed by atoms with Gasteiger partial charge >= 0.3 is 0 Å². The zero-order valence-corrected chi connectivity index (χ0v) is 7.94. The lowest BCUT2D eigenvalue weighted by Crippen LogP contribution is -2.08. The molecule has 0 atom stereocenters. The molecular weight excluding hydrogens is 174 g/mol. The summed E-state index contributed by atoms with van der Waals surface area (Å²) in [6.45, 7) is 2.01. The third-order valence-electron chi connectivity index (χ3n) is 2.70. The van der Waals surface area contributed by atoms with E-state index in [0.717, 1.165) is 11.2 Å². The highest BCUT2D eigenvalue weighted by Crippen LogP contribution is 2.23. The van der Waals surface area contributed by atoms with Crippen molar-refractivity contribution in [2.45, 2.75) is 6.92 Å². The first-order chi connectivity index (χ1) is 6.77. The molecule has 0 unspecified atom stereocenters. The molecule has 0 bridgehead atoms. The van der Waals surface area contributed by atoms with Crippen LogP contribution in [-0.2, 0) is 0 Å². The summed E-state index contributed by atoms with van der Waals surface area (Å²) in [6, 6.07) is 8.27. The van der Waals surface area contributed by atoms with E-state index >= 15 is 0 Å². The highest BCUT2D eigenvalue weighted by Gasteiger charge is 2.07. The standard InChI is InChI=1S/C11H11N3/c1-8-6-9-10-4-2-3-5-13(10)7-11(9)14(8)12/h2-7H,12H2,1H3. The average Bonchev–Trinajstić information content (AvgIpc) is 2.67. The van der Waals surface area contributed by atoms with E-state index in [0.29, 0.717) is 0 Å². The number of hydrogen-bond acceptors (Lipinski definition) is 1. The van der Waals surface area contributed by atoms with E-state index in [1.54, 1.807) is 4.68 Å². The smallest absolute Gasteiger partial charge is 0.0880 e. The van der Waals surface area contributed by atoms with Gasteiger partial charge in [-0.15, -0.1) is 0 Å². The quantitative estimate of drug-likeness (QED) is 0.533. The number of fused-ring (bicyclic) bond motifs is 3. The minimum Gasteiger partial charge on any atom is -0.339 e. The number of pyridine rings is 1. The van der Waals surface area contributed by atoms with E-state index in [1.807, 2.05) is 25.3 Å². The van der Waals surface area contributed by atoms with Gasteiger partial charge in [0.1, 0.15) is 0 Å². The van der Waals surface area contributed by atoms with Crippen LogP contribution in [0.2, 0.25) is 0 Å². The lowest BCUT2D eigenvalue weighted by atomic mass is 10.3. The molecule has 3 aromatic rings. The lowest BCUT2D eigenvalue weighted by molar-refractivity contribution is 0.994. The van der Waals surface area contributed by atoms with Crippen LogP contribution in [0.1, 0.15) is 5.69 Å². The molecule has 0 aromatic carbocycles. The van der Waals surface area contributed by atoms with Gasteiger partial charge in [-0.1, -0.05) is 6.07 Å². The van der Waals surface area contributed by atoms with E-state index in [-0.39, 0.29) is 0 Å². The van der Waals surface area contributed by atoms with Crippen molar-refractivity contribution < 1.29 is 0 Å². The highest BCUT2D eigenvalue weighted by atomic mass is 15.3. The minimum atomic E-state index is 1.08. The number of aryl methyl sites for hydroxylation is 1. The summed E-state index contributed by atoms with van der Waals surface area (Å²) in [5, 5.41) is 1.21. The molecule has 0 saturated heterocycles. The summed E-state index contributed by atoms with van der Waals surface area (Å²) in [4.78, 5) is 0. The maximum Gasteiger partial charge on any atom is 0.0880 e. The highest BCUT2D eigenvalue weighted by molar-refractivity contribution is 5.96. The molecule has 3 heterocycles. The van der Waals surface area contributed by atoms with Gasteiger partial charge in [-0.2, -0.15) is 0 Å². The molecule has 70 valence electrons. The van der Waals surface area contributed by atoms with Gasteiger partial charge in [0.05, 0.1) is 11.0 Å². The molecule has 3 heteroatoms. The van der Waals surface area contributed by atoms with Crippen molar-refractivity contribution >= 4 is 16.4 Å². The Labute approximate surface area is 81.3 Å². The molecule has 0 spiro atoms. The van der Waals surface area contributed by atoms with E-state index in [9.17, 15) is 0 Å². The predicted molar refractivity (Wildman–Crippen MR) is 57.8 cm³/mol. The van der Waals surface area contributed by atoms with Gasteiger partial charge in [-0.3, -0.25) is 4.68 Å². The summed E-state index contributed by atoms with van der Waals surface area (Å²) in [5.41, 5.74) is 3.37. The first kappa shape index (κ1) is 7.50. The Morgan fingerprint density at radius 1 is 1.21 bits per heavy atom. The summed E-state index contributed by atoms with van der Waals surface area (Å²) in [5.74, 6) is 5.91. The van der Waals surface area contributed by atoms with Gasteiger partial charge < -0.3 is 10.2 Å². The zero-order valence-electron chi connectivity index (χ0n) is 7.94. The van der Waals surface area contributed by atoms with Crippen LogP contribution in [0.5, 0.6) is 0 Å². The molecule has 3 nitrogen and oxygen atoms in total. The molecule has 0 aliphatic carbocycles. The number of nitrogen functional groups attached to an aromatic ring is 1. The van der Waals surface area contributed by atoms with Gasteiger partial charge in [0.25, 0.3) is 0 Å². The third kappa shape index (κ3) is 0.763. The number of nitrogens with two attached hydrogens (primary N) is 1. The fourth-order valence-electron chi connectivity index (χ4n) is 1.94. The van der Waals surface area contributed by atoms with Crippen molar-refractivity contribution in [3.05, 3.63) is 42.4 Å². The second-order valence-corrected chi connectivity index (χ2v) is 3.58. The number of hydrogen-bond donors (Lipinski definition) is 1. The Hall–Kier alpha value is -1.90. The van der Waals surface area contributed by atoms with Crippen molar-refractivity contribution in [2.24, 2.45) is 0 Å². The maximum atomic E-state index is 5.91. The van der Waals surface area contributed by atoms with E-state index < -0.39 is 0 Å². The summed E-state index contributed by atoms with van der Waals surface area (Å²) >= 11 is 0. The summed E-state index contributed by atoms with van der Waals surface area (Å²) in [6.07, 6.45) is 4.09. The molecule has 2 N–H and O–H groups in total. The van der Waals surface area contributed by atoms with Crippen molar-refractivity contribution in [3.8, 4) is 0 Å². The van der Waals surface area contributed by atoms with E-state index in [2.05, 4.69) is 22.7 Å². The van der Waals surface area contributed by atoms with Gasteiger partial charge in [-0.05, 0) is 25.1 Å². The lowest BCUT2D eigenvalue weighted by Gasteiger charge is -1.95. The second kappa shape index (κ2) is 2.32. The molecule has 3 aromatic heterocycles. The third-order valence-corrected chi connectivity index (χ3v) is 2.70. The Morgan fingerprint density at radius 3 is 2.93 bits per heavy atom. The second-order valence-electron chi connectivity index (χ2n) is 3.58. The Balaban J connectivity index is 2.60. The SMILES string of the molecule is Cc1cc2c(cn3ccccc23)n1N. The molecule has 0 aliphatic heterocycles. The van der Waals surface area contributed by atoms with E-state index in [1.165, 1.54) is 10.9 Å². The molecule has 0 fully saturated rings. The van der Waals surface area contributed by atoms with Crippen LogP contribution < -0.4 is 5.84 Å². The van der Waals surface area contributed by atoms with Gasteiger partial charge in [0, 0.05) is 23.5 Å². The van der Waals surface area contributed by atoms with Crippen LogP contribution in [0.3, 0.4) is 0 Å². The Kier molecular flexibility index (Phi) is 1.24. The molecular formula is C11H11N3. The van der Waals surface area contributed by atoms with Crippen molar-refractivity contribution in [3.63, 3.8) is 0 Å². The predicted octanol–water partition coefficient (Wildman–Crippen LogP) is 1.92. The molecule has 0 amide bonds. The topological polar surface area (TPSA) is 35.4 Å². The van der Waals surface area contributed by atoms with Crippen LogP contribution in [0.25, 0.3) is 16.4 Å². The molecule has 0 aliphatic rings. The van der Waals surface area contributed by atoms with Crippen LogP contribution >= 0.6 is 0 Å². The molecule has 0 saturated carbocycles. The zero-order chi connectivity index (χ0) is 9.71. The van der Waals surface area contributed by atoms with Crippen LogP contribution in [0, 0.1) is 6.92 Å². The number of nitrogens with zero attached hydrogens (tertiary/aromatic N) is 2. The van der Waals surface area contributed by atoms with Crippen LogP contribution in [0.15, 0.2) is 36.7 Å². The van der Waals surface area contributed by atoms with Gasteiger partial charge in [-0.25, -0.2) is 0 Å². The Morgan fingerprint density at radius 2 is 2.07 bits per heavy atom. The van der Waals surface area contributed by atoms with Gasteiger partial charge in [0.2, 0.25) is 0 Å². The van der Waals surface area contributed by atoms with Gasteiger partial charge in [0.15, 0.2) is 0 Å². The first-order valence-electron chi connectivity index (χ1n) is 4.60. The number of rotatable bonds is 0.